The van der Waals surface area contributed by atoms with Gasteiger partial charge in [0.15, 0.2) is 0 Å². The molecule has 5 nitrogen and oxygen atoms in total. The Morgan fingerprint density at radius 1 is 1.26 bits per heavy atom. The number of nitrogens with zero attached hydrogens (tertiary/aromatic N) is 2. The topological polar surface area (TPSA) is 72.9 Å². The highest BCUT2D eigenvalue weighted by molar-refractivity contribution is 5.95. The molecule has 1 amide bonds. The third-order valence-electron chi connectivity index (χ3n) is 4.43. The molecule has 3 rings (SSSR count). The lowest BCUT2D eigenvalue weighted by molar-refractivity contribution is -0.118. The number of nitrogens with one attached hydrogen (secondary N) is 1. The summed E-state index contributed by atoms with van der Waals surface area (Å²) < 4.78 is 2.30. The molecule has 1 aliphatic heterocycles. The summed E-state index contributed by atoms with van der Waals surface area (Å²) in [6.07, 6.45) is 5.53. The lowest BCUT2D eigenvalue weighted by Gasteiger charge is -2.17. The van der Waals surface area contributed by atoms with Crippen LogP contribution in [0, 0.1) is 5.92 Å². The molecule has 2 heterocycles. The normalized spacial score (nSPS) is 15.3. The van der Waals surface area contributed by atoms with Crippen molar-refractivity contribution < 1.29 is 4.79 Å². The fourth-order valence-electron chi connectivity index (χ4n) is 2.90. The highest BCUT2D eigenvalue weighted by atomic mass is 16.2. The summed E-state index contributed by atoms with van der Waals surface area (Å²) in [6, 6.07) is 7.32. The zero-order valence-corrected chi connectivity index (χ0v) is 13.7. The molecule has 1 aromatic carbocycles. The summed E-state index contributed by atoms with van der Waals surface area (Å²) in [5.41, 5.74) is 9.01. The van der Waals surface area contributed by atoms with Gasteiger partial charge >= 0.3 is 0 Å². The lowest BCUT2D eigenvalue weighted by atomic mass is 10.0. The summed E-state index contributed by atoms with van der Waals surface area (Å²) in [6.45, 7) is 4.91. The Hall–Kier alpha value is -2.14. The summed E-state index contributed by atoms with van der Waals surface area (Å²) >= 11 is 0. The summed E-state index contributed by atoms with van der Waals surface area (Å²) in [7, 11) is 0. The third-order valence-corrected chi connectivity index (χ3v) is 4.43. The van der Waals surface area contributed by atoms with Crippen LogP contribution in [0.1, 0.15) is 32.4 Å². The van der Waals surface area contributed by atoms with Gasteiger partial charge in [-0.1, -0.05) is 13.8 Å². The number of benzene rings is 1. The van der Waals surface area contributed by atoms with Crippen molar-refractivity contribution in [2.75, 3.05) is 5.32 Å². The first-order valence-electron chi connectivity index (χ1n) is 8.27. The molecular formula is C18H24N4O. The highest BCUT2D eigenvalue weighted by Crippen LogP contribution is 2.25. The minimum absolute atomic E-state index is 0.116. The maximum Gasteiger partial charge on any atom is 0.241 e. The molecule has 0 aliphatic carbocycles. The van der Waals surface area contributed by atoms with E-state index >= 15 is 0 Å². The van der Waals surface area contributed by atoms with Gasteiger partial charge < -0.3 is 15.6 Å². The maximum atomic E-state index is 12.0. The van der Waals surface area contributed by atoms with Gasteiger partial charge in [0.25, 0.3) is 0 Å². The number of nitrogens with two attached hydrogens (primary N) is 1. The quantitative estimate of drug-likeness (QED) is 0.912. The fraction of sp³-hybridized carbons (Fsp3) is 0.444. The molecule has 1 atom stereocenters. The number of aryl methyl sites for hydroxylation is 1. The van der Waals surface area contributed by atoms with Crippen LogP contribution in [0.2, 0.25) is 0 Å². The molecule has 2 aromatic rings. The van der Waals surface area contributed by atoms with Gasteiger partial charge in [-0.05, 0) is 49.4 Å². The van der Waals surface area contributed by atoms with E-state index in [0.29, 0.717) is 0 Å². The van der Waals surface area contributed by atoms with E-state index in [2.05, 4.69) is 14.9 Å². The predicted molar refractivity (Wildman–Crippen MR) is 92.0 cm³/mol. The van der Waals surface area contributed by atoms with Crippen LogP contribution in [-0.2, 0) is 17.8 Å². The number of imidazole rings is 1. The predicted octanol–water partition coefficient (Wildman–Crippen LogP) is 2.81. The molecule has 0 saturated heterocycles. The Balaban J connectivity index is 1.75. The molecule has 0 unspecified atom stereocenters. The Morgan fingerprint density at radius 3 is 2.70 bits per heavy atom. The van der Waals surface area contributed by atoms with Crippen LogP contribution in [0.3, 0.4) is 0 Å². The van der Waals surface area contributed by atoms with Gasteiger partial charge in [0, 0.05) is 29.7 Å². The summed E-state index contributed by atoms with van der Waals surface area (Å²) in [5.74, 6) is 0.980. The maximum absolute atomic E-state index is 12.0. The van der Waals surface area contributed by atoms with E-state index in [1.165, 1.54) is 18.5 Å². The summed E-state index contributed by atoms with van der Waals surface area (Å²) in [4.78, 5) is 16.6. The van der Waals surface area contributed by atoms with E-state index in [-0.39, 0.29) is 11.8 Å². The SMILES string of the molecule is CC(C)[C@H](N)C(=O)Nc1ccc(-c2ncc3n2CCCC3)cc1. The second-order valence-corrected chi connectivity index (χ2v) is 6.52. The molecule has 0 radical (unpaired) electrons. The number of amides is 1. The van der Waals surface area contributed by atoms with Gasteiger partial charge in [-0.3, -0.25) is 4.79 Å². The van der Waals surface area contributed by atoms with E-state index in [9.17, 15) is 4.79 Å². The first kappa shape index (κ1) is 15.7. The van der Waals surface area contributed by atoms with Crippen LogP contribution in [0.25, 0.3) is 11.4 Å². The van der Waals surface area contributed by atoms with Gasteiger partial charge in [0.05, 0.1) is 6.04 Å². The van der Waals surface area contributed by atoms with E-state index in [4.69, 9.17) is 5.73 Å². The molecule has 1 aromatic heterocycles. The van der Waals surface area contributed by atoms with E-state index < -0.39 is 6.04 Å². The average Bonchev–Trinajstić information content (AvgIpc) is 2.98. The Labute approximate surface area is 136 Å². The third kappa shape index (κ3) is 3.29. The second kappa shape index (κ2) is 6.54. The van der Waals surface area contributed by atoms with Crippen LogP contribution >= 0.6 is 0 Å². The first-order valence-corrected chi connectivity index (χ1v) is 8.27. The van der Waals surface area contributed by atoms with Gasteiger partial charge in [-0.25, -0.2) is 4.98 Å². The van der Waals surface area contributed by atoms with Crippen molar-refractivity contribution in [1.29, 1.82) is 0 Å². The lowest BCUT2D eigenvalue weighted by Crippen LogP contribution is -2.39. The Kier molecular flexibility index (Phi) is 4.48. The van der Waals surface area contributed by atoms with Crippen LogP contribution in [-0.4, -0.2) is 21.5 Å². The monoisotopic (exact) mass is 312 g/mol. The van der Waals surface area contributed by atoms with E-state index in [0.717, 1.165) is 30.0 Å². The van der Waals surface area contributed by atoms with Gasteiger partial charge in [-0.15, -0.1) is 0 Å². The number of anilines is 1. The fourth-order valence-corrected chi connectivity index (χ4v) is 2.90. The summed E-state index contributed by atoms with van der Waals surface area (Å²) in [5, 5.41) is 2.87. The van der Waals surface area contributed by atoms with E-state index in [1.54, 1.807) is 0 Å². The van der Waals surface area contributed by atoms with Crippen molar-refractivity contribution in [1.82, 2.24) is 9.55 Å². The molecular weight excluding hydrogens is 288 g/mol. The second-order valence-electron chi connectivity index (χ2n) is 6.52. The highest BCUT2D eigenvalue weighted by Gasteiger charge is 2.18. The minimum atomic E-state index is -0.492. The molecule has 0 saturated carbocycles. The number of rotatable bonds is 4. The first-order chi connectivity index (χ1) is 11.1. The Morgan fingerprint density at radius 2 is 2.00 bits per heavy atom. The van der Waals surface area contributed by atoms with Crippen LogP contribution in [0.4, 0.5) is 5.69 Å². The largest absolute Gasteiger partial charge is 0.328 e. The van der Waals surface area contributed by atoms with Crippen LogP contribution in [0.15, 0.2) is 30.5 Å². The standard InChI is InChI=1S/C18H24N4O/c1-12(2)16(19)18(23)21-14-8-6-13(7-9-14)17-20-11-15-5-3-4-10-22(15)17/h6-9,11-12,16H,3-5,10,19H2,1-2H3,(H,21,23)/t16-/m0/s1. The Bertz CT molecular complexity index is 688. The molecule has 5 heteroatoms. The average molecular weight is 312 g/mol. The number of aromatic nitrogens is 2. The van der Waals surface area contributed by atoms with Crippen molar-refractivity contribution in [3.63, 3.8) is 0 Å². The number of carbonyl (C=O) groups excluding carboxylic acids is 1. The number of hydrogen-bond acceptors (Lipinski definition) is 3. The van der Waals surface area contributed by atoms with E-state index in [1.807, 2.05) is 44.3 Å². The minimum Gasteiger partial charge on any atom is -0.328 e. The van der Waals surface area contributed by atoms with Crippen molar-refractivity contribution in [3.05, 3.63) is 36.2 Å². The number of carbonyl (C=O) groups is 1. The number of fused-ring (bicyclic) bond motifs is 1. The molecule has 23 heavy (non-hydrogen) atoms. The molecule has 1 aliphatic rings. The molecule has 0 fully saturated rings. The van der Waals surface area contributed by atoms with Gasteiger partial charge in [0.1, 0.15) is 5.82 Å². The molecule has 0 bridgehead atoms. The van der Waals surface area contributed by atoms with Crippen molar-refractivity contribution in [2.45, 2.75) is 45.7 Å². The van der Waals surface area contributed by atoms with Crippen LogP contribution in [0.5, 0.6) is 0 Å². The zero-order chi connectivity index (χ0) is 16.4. The van der Waals surface area contributed by atoms with Crippen molar-refractivity contribution in [3.8, 4) is 11.4 Å². The van der Waals surface area contributed by atoms with Crippen molar-refractivity contribution in [2.24, 2.45) is 11.7 Å². The van der Waals surface area contributed by atoms with Gasteiger partial charge in [-0.2, -0.15) is 0 Å². The smallest absolute Gasteiger partial charge is 0.241 e. The zero-order valence-electron chi connectivity index (χ0n) is 13.7. The van der Waals surface area contributed by atoms with Crippen LogP contribution < -0.4 is 11.1 Å². The molecule has 122 valence electrons. The van der Waals surface area contributed by atoms with Crippen molar-refractivity contribution >= 4 is 11.6 Å². The van der Waals surface area contributed by atoms with Gasteiger partial charge in [0.2, 0.25) is 5.91 Å². The molecule has 3 N–H and O–H groups in total. The molecule has 0 spiro atoms. The number of hydrogen-bond donors (Lipinski definition) is 2.